The summed E-state index contributed by atoms with van der Waals surface area (Å²) < 4.78 is 0. The standard InChI is InChI=1S/C16H28N2/c1-6-17-12-16(4,5)13-18(7-2)15-10-8-14(3)9-11-15/h8-11,17H,6-7,12-13H2,1-5H3. The average Bonchev–Trinajstić information content (AvgIpc) is 2.35. The maximum Gasteiger partial charge on any atom is 0.0366 e. The van der Waals surface area contributed by atoms with Crippen LogP contribution in [0.25, 0.3) is 0 Å². The molecule has 0 fully saturated rings. The van der Waals surface area contributed by atoms with E-state index in [1.807, 2.05) is 0 Å². The minimum atomic E-state index is 0.289. The maximum atomic E-state index is 3.45. The van der Waals surface area contributed by atoms with E-state index in [9.17, 15) is 0 Å². The zero-order chi connectivity index (χ0) is 13.6. The maximum absolute atomic E-state index is 3.45. The minimum Gasteiger partial charge on any atom is -0.371 e. The van der Waals surface area contributed by atoms with Crippen molar-refractivity contribution in [3.05, 3.63) is 29.8 Å². The molecule has 0 amide bonds. The van der Waals surface area contributed by atoms with Crippen molar-refractivity contribution in [2.45, 2.75) is 34.6 Å². The molecule has 0 saturated heterocycles. The second-order valence-electron chi connectivity index (χ2n) is 5.79. The Kier molecular flexibility index (Phi) is 5.67. The van der Waals surface area contributed by atoms with E-state index in [0.29, 0.717) is 0 Å². The summed E-state index contributed by atoms with van der Waals surface area (Å²) in [6, 6.07) is 8.83. The number of aryl methyl sites for hydroxylation is 1. The number of rotatable bonds is 7. The van der Waals surface area contributed by atoms with Crippen LogP contribution in [-0.4, -0.2) is 26.2 Å². The van der Waals surface area contributed by atoms with Crippen LogP contribution in [0.5, 0.6) is 0 Å². The van der Waals surface area contributed by atoms with Crippen LogP contribution in [0.4, 0.5) is 5.69 Å². The van der Waals surface area contributed by atoms with Crippen molar-refractivity contribution in [1.82, 2.24) is 5.32 Å². The Labute approximate surface area is 112 Å². The van der Waals surface area contributed by atoms with E-state index in [2.05, 4.69) is 69.1 Å². The predicted octanol–water partition coefficient (Wildman–Crippen LogP) is 3.46. The van der Waals surface area contributed by atoms with Gasteiger partial charge in [0, 0.05) is 25.3 Å². The second kappa shape index (κ2) is 6.79. The first kappa shape index (κ1) is 15.0. The Morgan fingerprint density at radius 3 is 2.22 bits per heavy atom. The predicted molar refractivity (Wildman–Crippen MR) is 81.4 cm³/mol. The van der Waals surface area contributed by atoms with Gasteiger partial charge in [0.25, 0.3) is 0 Å². The van der Waals surface area contributed by atoms with Gasteiger partial charge in [0.1, 0.15) is 0 Å². The van der Waals surface area contributed by atoms with Crippen molar-refractivity contribution >= 4 is 5.69 Å². The highest BCUT2D eigenvalue weighted by molar-refractivity contribution is 5.47. The molecule has 1 aromatic rings. The van der Waals surface area contributed by atoms with Crippen LogP contribution >= 0.6 is 0 Å². The lowest BCUT2D eigenvalue weighted by Crippen LogP contribution is -2.40. The molecular formula is C16H28N2. The van der Waals surface area contributed by atoms with Gasteiger partial charge in [-0.1, -0.05) is 38.5 Å². The third-order valence-corrected chi connectivity index (χ3v) is 3.25. The number of nitrogens with one attached hydrogen (secondary N) is 1. The topological polar surface area (TPSA) is 15.3 Å². The molecule has 1 N–H and O–H groups in total. The van der Waals surface area contributed by atoms with E-state index in [0.717, 1.165) is 26.2 Å². The molecule has 0 bridgehead atoms. The number of hydrogen-bond donors (Lipinski definition) is 1. The summed E-state index contributed by atoms with van der Waals surface area (Å²) in [4.78, 5) is 2.46. The van der Waals surface area contributed by atoms with E-state index in [4.69, 9.17) is 0 Å². The quantitative estimate of drug-likeness (QED) is 0.795. The fourth-order valence-corrected chi connectivity index (χ4v) is 2.18. The molecule has 1 aromatic carbocycles. The van der Waals surface area contributed by atoms with Gasteiger partial charge in [0.15, 0.2) is 0 Å². The summed E-state index contributed by atoms with van der Waals surface area (Å²) in [6.45, 7) is 15.4. The van der Waals surface area contributed by atoms with Crippen molar-refractivity contribution in [3.8, 4) is 0 Å². The zero-order valence-corrected chi connectivity index (χ0v) is 12.6. The highest BCUT2D eigenvalue weighted by atomic mass is 15.1. The van der Waals surface area contributed by atoms with Gasteiger partial charge in [-0.15, -0.1) is 0 Å². The van der Waals surface area contributed by atoms with Crippen LogP contribution in [0.15, 0.2) is 24.3 Å². The first-order valence-electron chi connectivity index (χ1n) is 7.01. The fourth-order valence-electron chi connectivity index (χ4n) is 2.18. The van der Waals surface area contributed by atoms with E-state index in [1.165, 1.54) is 11.3 Å². The average molecular weight is 248 g/mol. The van der Waals surface area contributed by atoms with E-state index in [-0.39, 0.29) is 5.41 Å². The molecule has 2 heteroatoms. The van der Waals surface area contributed by atoms with Gasteiger partial charge in [-0.05, 0) is 37.9 Å². The number of nitrogens with zero attached hydrogens (tertiary/aromatic N) is 1. The van der Waals surface area contributed by atoms with Crippen molar-refractivity contribution in [2.75, 3.05) is 31.1 Å². The first-order chi connectivity index (χ1) is 8.48. The van der Waals surface area contributed by atoms with Gasteiger partial charge < -0.3 is 10.2 Å². The molecule has 102 valence electrons. The minimum absolute atomic E-state index is 0.289. The van der Waals surface area contributed by atoms with Crippen LogP contribution in [0.2, 0.25) is 0 Å². The molecule has 0 atom stereocenters. The Morgan fingerprint density at radius 1 is 1.11 bits per heavy atom. The van der Waals surface area contributed by atoms with Gasteiger partial charge in [-0.3, -0.25) is 0 Å². The molecule has 18 heavy (non-hydrogen) atoms. The summed E-state index contributed by atoms with van der Waals surface area (Å²) in [7, 11) is 0. The smallest absolute Gasteiger partial charge is 0.0366 e. The highest BCUT2D eigenvalue weighted by Crippen LogP contribution is 2.22. The summed E-state index contributed by atoms with van der Waals surface area (Å²) >= 11 is 0. The molecule has 0 aliphatic rings. The van der Waals surface area contributed by atoms with Crippen molar-refractivity contribution in [1.29, 1.82) is 0 Å². The Hall–Kier alpha value is -1.02. The lowest BCUT2D eigenvalue weighted by Gasteiger charge is -2.34. The highest BCUT2D eigenvalue weighted by Gasteiger charge is 2.20. The summed E-state index contributed by atoms with van der Waals surface area (Å²) in [5.41, 5.74) is 2.94. The fraction of sp³-hybridized carbons (Fsp3) is 0.625. The molecule has 0 unspecified atom stereocenters. The molecule has 2 nitrogen and oxygen atoms in total. The first-order valence-corrected chi connectivity index (χ1v) is 7.01. The normalized spacial score (nSPS) is 11.6. The number of hydrogen-bond acceptors (Lipinski definition) is 2. The monoisotopic (exact) mass is 248 g/mol. The van der Waals surface area contributed by atoms with Crippen molar-refractivity contribution in [3.63, 3.8) is 0 Å². The molecule has 0 aliphatic carbocycles. The van der Waals surface area contributed by atoms with Crippen molar-refractivity contribution in [2.24, 2.45) is 5.41 Å². The Balaban J connectivity index is 2.69. The zero-order valence-electron chi connectivity index (χ0n) is 12.6. The van der Waals surface area contributed by atoms with Crippen LogP contribution in [0.3, 0.4) is 0 Å². The summed E-state index contributed by atoms with van der Waals surface area (Å²) in [5, 5.41) is 3.45. The molecule has 0 aromatic heterocycles. The van der Waals surface area contributed by atoms with Gasteiger partial charge in [0.2, 0.25) is 0 Å². The van der Waals surface area contributed by atoms with Crippen LogP contribution in [-0.2, 0) is 0 Å². The van der Waals surface area contributed by atoms with Gasteiger partial charge >= 0.3 is 0 Å². The third kappa shape index (κ3) is 4.69. The summed E-state index contributed by atoms with van der Waals surface area (Å²) in [5.74, 6) is 0. The van der Waals surface area contributed by atoms with E-state index in [1.54, 1.807) is 0 Å². The van der Waals surface area contributed by atoms with E-state index >= 15 is 0 Å². The van der Waals surface area contributed by atoms with Gasteiger partial charge in [0.05, 0.1) is 0 Å². The third-order valence-electron chi connectivity index (χ3n) is 3.25. The van der Waals surface area contributed by atoms with Crippen LogP contribution < -0.4 is 10.2 Å². The second-order valence-corrected chi connectivity index (χ2v) is 5.79. The largest absolute Gasteiger partial charge is 0.371 e. The SMILES string of the molecule is CCNCC(C)(C)CN(CC)c1ccc(C)cc1. The summed E-state index contributed by atoms with van der Waals surface area (Å²) in [6.07, 6.45) is 0. The molecule has 0 saturated carbocycles. The molecule has 0 heterocycles. The van der Waals surface area contributed by atoms with Gasteiger partial charge in [-0.25, -0.2) is 0 Å². The number of anilines is 1. The lowest BCUT2D eigenvalue weighted by molar-refractivity contribution is 0.346. The number of benzene rings is 1. The van der Waals surface area contributed by atoms with Crippen LogP contribution in [0, 0.1) is 12.3 Å². The van der Waals surface area contributed by atoms with Gasteiger partial charge in [-0.2, -0.15) is 0 Å². The molecule has 0 spiro atoms. The van der Waals surface area contributed by atoms with Crippen molar-refractivity contribution < 1.29 is 0 Å². The Morgan fingerprint density at radius 2 is 1.72 bits per heavy atom. The lowest BCUT2D eigenvalue weighted by atomic mass is 9.92. The van der Waals surface area contributed by atoms with E-state index < -0.39 is 0 Å². The van der Waals surface area contributed by atoms with Crippen LogP contribution in [0.1, 0.15) is 33.3 Å². The molecule has 0 aliphatic heterocycles. The molecule has 1 rings (SSSR count). The Bertz CT molecular complexity index is 341. The molecular weight excluding hydrogens is 220 g/mol. The molecule has 0 radical (unpaired) electrons.